The molecule has 0 spiro atoms. The van der Waals surface area contributed by atoms with Gasteiger partial charge in [-0.05, 0) is 17.7 Å². The second-order valence-corrected chi connectivity index (χ2v) is 7.12. The number of hydrogen-bond acceptors (Lipinski definition) is 5. The largest absolute Gasteiger partial charge is 0.383 e. The van der Waals surface area contributed by atoms with Gasteiger partial charge in [0.25, 0.3) is 0 Å². The number of halogens is 1. The first-order valence-corrected chi connectivity index (χ1v) is 9.45. The predicted octanol–water partition coefficient (Wildman–Crippen LogP) is 0.991. The molecule has 25 heavy (non-hydrogen) atoms. The molecule has 0 heterocycles. The SMILES string of the molecule is CCN(CC)S(=O)(=O)c1ccc(CNC(=O)CNCCOC)cc1.Cl. The summed E-state index contributed by atoms with van der Waals surface area (Å²) in [7, 11) is -1.84. The van der Waals surface area contributed by atoms with Crippen molar-refractivity contribution in [3.8, 4) is 0 Å². The van der Waals surface area contributed by atoms with Crippen molar-refractivity contribution >= 4 is 28.3 Å². The summed E-state index contributed by atoms with van der Waals surface area (Å²) in [4.78, 5) is 11.9. The number of ether oxygens (including phenoxy) is 1. The number of methoxy groups -OCH3 is 1. The van der Waals surface area contributed by atoms with Gasteiger partial charge in [0.2, 0.25) is 15.9 Å². The van der Waals surface area contributed by atoms with Gasteiger partial charge in [0.1, 0.15) is 0 Å². The summed E-state index contributed by atoms with van der Waals surface area (Å²) in [5.74, 6) is -0.119. The van der Waals surface area contributed by atoms with E-state index < -0.39 is 10.0 Å². The van der Waals surface area contributed by atoms with Crippen LogP contribution >= 0.6 is 12.4 Å². The fourth-order valence-electron chi connectivity index (χ4n) is 2.13. The monoisotopic (exact) mass is 393 g/mol. The fraction of sp³-hybridized carbons (Fsp3) is 0.562. The molecule has 7 nitrogen and oxygen atoms in total. The lowest BCUT2D eigenvalue weighted by Crippen LogP contribution is -2.34. The molecule has 1 amide bonds. The molecule has 144 valence electrons. The van der Waals surface area contributed by atoms with Gasteiger partial charge in [-0.25, -0.2) is 8.42 Å². The molecule has 0 aliphatic heterocycles. The molecule has 0 saturated heterocycles. The van der Waals surface area contributed by atoms with Gasteiger partial charge in [0.15, 0.2) is 0 Å². The third kappa shape index (κ3) is 7.70. The van der Waals surface area contributed by atoms with E-state index in [1.54, 1.807) is 31.4 Å². The molecule has 0 aromatic heterocycles. The van der Waals surface area contributed by atoms with Gasteiger partial charge in [-0.3, -0.25) is 4.79 Å². The van der Waals surface area contributed by atoms with Crippen molar-refractivity contribution < 1.29 is 17.9 Å². The molecule has 0 aliphatic rings. The van der Waals surface area contributed by atoms with Crippen LogP contribution in [0.3, 0.4) is 0 Å². The molecular weight excluding hydrogens is 366 g/mol. The molecule has 1 rings (SSSR count). The summed E-state index contributed by atoms with van der Waals surface area (Å²) in [5, 5.41) is 5.73. The maximum absolute atomic E-state index is 12.4. The van der Waals surface area contributed by atoms with Crippen LogP contribution < -0.4 is 10.6 Å². The quantitative estimate of drug-likeness (QED) is 0.547. The Morgan fingerprint density at radius 2 is 1.76 bits per heavy atom. The highest BCUT2D eigenvalue weighted by atomic mass is 35.5. The average molecular weight is 394 g/mol. The third-order valence-electron chi connectivity index (χ3n) is 3.52. The fourth-order valence-corrected chi connectivity index (χ4v) is 3.59. The number of rotatable bonds is 11. The van der Waals surface area contributed by atoms with Crippen LogP contribution in [-0.2, 0) is 26.1 Å². The molecule has 0 fully saturated rings. The lowest BCUT2D eigenvalue weighted by Gasteiger charge is -2.18. The van der Waals surface area contributed by atoms with Gasteiger partial charge in [-0.15, -0.1) is 12.4 Å². The summed E-state index contributed by atoms with van der Waals surface area (Å²) >= 11 is 0. The van der Waals surface area contributed by atoms with E-state index in [0.29, 0.717) is 32.8 Å². The Morgan fingerprint density at radius 3 is 2.28 bits per heavy atom. The third-order valence-corrected chi connectivity index (χ3v) is 5.59. The minimum Gasteiger partial charge on any atom is -0.383 e. The molecule has 9 heteroatoms. The summed E-state index contributed by atoms with van der Waals surface area (Å²) in [6.07, 6.45) is 0. The van der Waals surface area contributed by atoms with E-state index in [-0.39, 0.29) is 29.8 Å². The first-order chi connectivity index (χ1) is 11.5. The van der Waals surface area contributed by atoms with Crippen LogP contribution in [0.15, 0.2) is 29.2 Å². The standard InChI is InChI=1S/C16H27N3O4S.ClH/c1-4-19(5-2)24(21,22)15-8-6-14(7-9-15)12-18-16(20)13-17-10-11-23-3;/h6-9,17H,4-5,10-13H2,1-3H3,(H,18,20);1H. The van der Waals surface area contributed by atoms with Gasteiger partial charge in [0, 0.05) is 33.3 Å². The van der Waals surface area contributed by atoms with Gasteiger partial charge >= 0.3 is 0 Å². The molecule has 1 aromatic carbocycles. The zero-order chi connectivity index (χ0) is 18.0. The number of carbonyl (C=O) groups excluding carboxylic acids is 1. The van der Waals surface area contributed by atoms with Crippen LogP contribution in [0.25, 0.3) is 0 Å². The Bertz CT molecular complexity index is 604. The Kier molecular flexibility index (Phi) is 11.6. The summed E-state index contributed by atoms with van der Waals surface area (Å²) in [5.41, 5.74) is 0.846. The van der Waals surface area contributed by atoms with E-state index in [1.165, 1.54) is 4.31 Å². The topological polar surface area (TPSA) is 87.7 Å². The van der Waals surface area contributed by atoms with Gasteiger partial charge in [-0.1, -0.05) is 26.0 Å². The van der Waals surface area contributed by atoms with Crippen molar-refractivity contribution in [2.24, 2.45) is 0 Å². The number of benzene rings is 1. The zero-order valence-electron chi connectivity index (χ0n) is 14.9. The molecule has 1 aromatic rings. The molecular formula is C16H28ClN3O4S. The Morgan fingerprint density at radius 1 is 1.16 bits per heavy atom. The van der Waals surface area contributed by atoms with E-state index in [1.807, 2.05) is 13.8 Å². The summed E-state index contributed by atoms with van der Waals surface area (Å²) in [6, 6.07) is 6.59. The lowest BCUT2D eigenvalue weighted by molar-refractivity contribution is -0.120. The van der Waals surface area contributed by atoms with E-state index in [9.17, 15) is 13.2 Å². The zero-order valence-corrected chi connectivity index (χ0v) is 16.6. The van der Waals surface area contributed by atoms with Crippen LogP contribution in [0.2, 0.25) is 0 Å². The molecule has 0 aliphatic carbocycles. The van der Waals surface area contributed by atoms with Crippen LogP contribution in [-0.4, -0.2) is 58.5 Å². The van der Waals surface area contributed by atoms with Crippen molar-refractivity contribution in [2.45, 2.75) is 25.3 Å². The summed E-state index contributed by atoms with van der Waals surface area (Å²) in [6.45, 7) is 6.24. The number of carbonyl (C=O) groups is 1. The molecule has 0 bridgehead atoms. The van der Waals surface area contributed by atoms with Crippen molar-refractivity contribution in [3.63, 3.8) is 0 Å². The van der Waals surface area contributed by atoms with E-state index in [2.05, 4.69) is 10.6 Å². The number of nitrogens with zero attached hydrogens (tertiary/aromatic N) is 1. The smallest absolute Gasteiger partial charge is 0.243 e. The number of amides is 1. The molecule has 0 radical (unpaired) electrons. The Labute approximate surface area is 156 Å². The van der Waals surface area contributed by atoms with Gasteiger partial charge in [-0.2, -0.15) is 4.31 Å². The highest BCUT2D eigenvalue weighted by Crippen LogP contribution is 2.16. The minimum absolute atomic E-state index is 0. The second-order valence-electron chi connectivity index (χ2n) is 5.18. The van der Waals surface area contributed by atoms with Gasteiger partial charge < -0.3 is 15.4 Å². The highest BCUT2D eigenvalue weighted by molar-refractivity contribution is 7.89. The average Bonchev–Trinajstić information content (AvgIpc) is 2.58. The highest BCUT2D eigenvalue weighted by Gasteiger charge is 2.21. The van der Waals surface area contributed by atoms with E-state index in [4.69, 9.17) is 4.74 Å². The molecule has 0 unspecified atom stereocenters. The Hall–Kier alpha value is -1.19. The molecule has 0 saturated carbocycles. The van der Waals surface area contributed by atoms with Crippen molar-refractivity contribution in [3.05, 3.63) is 29.8 Å². The van der Waals surface area contributed by atoms with E-state index in [0.717, 1.165) is 5.56 Å². The lowest BCUT2D eigenvalue weighted by atomic mass is 10.2. The number of sulfonamides is 1. The molecule has 2 N–H and O–H groups in total. The van der Waals surface area contributed by atoms with Crippen molar-refractivity contribution in [1.29, 1.82) is 0 Å². The van der Waals surface area contributed by atoms with Crippen molar-refractivity contribution in [1.82, 2.24) is 14.9 Å². The second kappa shape index (κ2) is 12.2. The van der Waals surface area contributed by atoms with Crippen molar-refractivity contribution in [2.75, 3.05) is 39.9 Å². The van der Waals surface area contributed by atoms with Crippen LogP contribution in [0.5, 0.6) is 0 Å². The predicted molar refractivity (Wildman–Crippen MR) is 100 cm³/mol. The van der Waals surface area contributed by atoms with Crippen LogP contribution in [0, 0.1) is 0 Å². The first kappa shape index (κ1) is 23.8. The maximum atomic E-state index is 12.4. The van der Waals surface area contributed by atoms with Gasteiger partial charge in [0.05, 0.1) is 18.0 Å². The normalized spacial score (nSPS) is 11.2. The number of hydrogen-bond donors (Lipinski definition) is 2. The molecule has 0 atom stereocenters. The maximum Gasteiger partial charge on any atom is 0.243 e. The van der Waals surface area contributed by atoms with Crippen LogP contribution in [0.1, 0.15) is 19.4 Å². The first-order valence-electron chi connectivity index (χ1n) is 8.01. The Balaban J connectivity index is 0.00000576. The van der Waals surface area contributed by atoms with Crippen LogP contribution in [0.4, 0.5) is 0 Å². The number of nitrogens with one attached hydrogen (secondary N) is 2. The minimum atomic E-state index is -3.44. The summed E-state index contributed by atoms with van der Waals surface area (Å²) < 4.78 is 31.1. The van der Waals surface area contributed by atoms with E-state index >= 15 is 0 Å².